The quantitative estimate of drug-likeness (QED) is 0.635. The highest BCUT2D eigenvalue weighted by atomic mass is 19.3. The zero-order valence-corrected chi connectivity index (χ0v) is 9.07. The molecule has 0 saturated heterocycles. The van der Waals surface area contributed by atoms with Crippen LogP contribution < -0.4 is 0 Å². The van der Waals surface area contributed by atoms with Gasteiger partial charge in [0.15, 0.2) is 0 Å². The minimum absolute atomic E-state index is 0.889. The van der Waals surface area contributed by atoms with Gasteiger partial charge in [-0.1, -0.05) is 0 Å². The molecule has 0 heterocycles. The summed E-state index contributed by atoms with van der Waals surface area (Å²) in [5, 5.41) is 7.54. The van der Waals surface area contributed by atoms with Crippen molar-refractivity contribution in [2.75, 3.05) is 7.11 Å². The number of ether oxygens (including phenoxy) is 3. The number of halogens is 6. The third kappa shape index (κ3) is 12.4. The van der Waals surface area contributed by atoms with Gasteiger partial charge < -0.3 is 19.3 Å². The van der Waals surface area contributed by atoms with Crippen molar-refractivity contribution < 1.29 is 55.2 Å². The van der Waals surface area contributed by atoms with Crippen LogP contribution in [0.5, 0.6) is 0 Å². The Kier molecular flexibility index (Phi) is 10.3. The van der Waals surface area contributed by atoms with Crippen molar-refractivity contribution in [1.29, 1.82) is 0 Å². The summed E-state index contributed by atoms with van der Waals surface area (Å²) in [5.41, 5.74) is 0. The van der Waals surface area contributed by atoms with Crippen LogP contribution in [0.4, 0.5) is 35.9 Å². The van der Waals surface area contributed by atoms with Gasteiger partial charge >= 0.3 is 37.9 Å². The molecule has 114 valence electrons. The predicted molar refractivity (Wildman–Crippen MR) is 44.4 cm³/mol. The Morgan fingerprint density at radius 3 is 1.47 bits per heavy atom. The molecule has 0 bridgehead atoms. The van der Waals surface area contributed by atoms with Crippen LogP contribution in [-0.4, -0.2) is 50.1 Å². The standard InChI is InChI=1S/C4H5F3O3.C3H3F3O3/c1-9-4(8)10-3(7)2(5)6;4-1(5)2(6)9-3(7)8/h2-3H,1H3;1-2H,(H,7,8). The van der Waals surface area contributed by atoms with E-state index < -0.39 is 37.9 Å². The average molecular weight is 302 g/mol. The Labute approximate surface area is 101 Å². The first-order chi connectivity index (χ1) is 8.61. The van der Waals surface area contributed by atoms with Crippen LogP contribution in [0.1, 0.15) is 0 Å². The molecule has 2 unspecified atom stereocenters. The van der Waals surface area contributed by atoms with E-state index in [2.05, 4.69) is 14.2 Å². The van der Waals surface area contributed by atoms with E-state index in [0.29, 0.717) is 0 Å². The van der Waals surface area contributed by atoms with Crippen LogP contribution in [0.3, 0.4) is 0 Å². The van der Waals surface area contributed by atoms with Crippen molar-refractivity contribution in [3.63, 3.8) is 0 Å². The molecule has 0 aromatic rings. The molecule has 0 aliphatic heterocycles. The summed E-state index contributed by atoms with van der Waals surface area (Å²) in [6.07, 6.45) is -16.2. The molecule has 12 heteroatoms. The number of methoxy groups -OCH3 is 1. The van der Waals surface area contributed by atoms with Gasteiger partial charge in [-0.05, 0) is 0 Å². The van der Waals surface area contributed by atoms with Crippen LogP contribution in [0.25, 0.3) is 0 Å². The van der Waals surface area contributed by atoms with E-state index in [-0.39, 0.29) is 0 Å². The second-order valence-corrected chi connectivity index (χ2v) is 2.33. The van der Waals surface area contributed by atoms with Crippen LogP contribution >= 0.6 is 0 Å². The topological polar surface area (TPSA) is 82.1 Å². The van der Waals surface area contributed by atoms with E-state index in [1.54, 1.807) is 0 Å². The lowest BCUT2D eigenvalue weighted by Crippen LogP contribution is -2.20. The molecule has 0 amide bonds. The van der Waals surface area contributed by atoms with Gasteiger partial charge in [0, 0.05) is 0 Å². The second-order valence-electron chi connectivity index (χ2n) is 2.33. The summed E-state index contributed by atoms with van der Waals surface area (Å²) in [4.78, 5) is 19.2. The van der Waals surface area contributed by atoms with Gasteiger partial charge in [-0.15, -0.1) is 0 Å². The Balaban J connectivity index is 0. The monoisotopic (exact) mass is 302 g/mol. The Hall–Kier alpha value is -1.88. The predicted octanol–water partition coefficient (Wildman–Crippen LogP) is 2.57. The zero-order valence-electron chi connectivity index (χ0n) is 9.07. The minimum Gasteiger partial charge on any atom is -0.450 e. The van der Waals surface area contributed by atoms with E-state index in [0.717, 1.165) is 7.11 Å². The Bertz CT molecular complexity index is 275. The van der Waals surface area contributed by atoms with E-state index in [9.17, 15) is 35.9 Å². The molecule has 1 N–H and O–H groups in total. The van der Waals surface area contributed by atoms with Gasteiger partial charge in [0.2, 0.25) is 0 Å². The van der Waals surface area contributed by atoms with E-state index in [4.69, 9.17) is 5.11 Å². The van der Waals surface area contributed by atoms with Crippen molar-refractivity contribution in [3.05, 3.63) is 0 Å². The molecular formula is C7H8F6O6. The second kappa shape index (κ2) is 10.1. The number of carboxylic acid groups (broad SMARTS) is 1. The smallest absolute Gasteiger partial charge is 0.450 e. The maximum absolute atomic E-state index is 11.7. The molecule has 0 aromatic heterocycles. The van der Waals surface area contributed by atoms with Crippen LogP contribution in [-0.2, 0) is 14.2 Å². The zero-order chi connectivity index (χ0) is 15.6. The molecule has 0 radical (unpaired) electrons. The molecule has 0 rings (SSSR count). The molecule has 0 aliphatic carbocycles. The fraction of sp³-hybridized carbons (Fsp3) is 0.714. The molecule has 2 atom stereocenters. The number of hydrogen-bond acceptors (Lipinski definition) is 5. The maximum atomic E-state index is 11.7. The lowest BCUT2D eigenvalue weighted by Gasteiger charge is -2.05. The molecule has 0 saturated carbocycles. The van der Waals surface area contributed by atoms with Crippen molar-refractivity contribution in [2.24, 2.45) is 0 Å². The highest BCUT2D eigenvalue weighted by Gasteiger charge is 2.23. The summed E-state index contributed by atoms with van der Waals surface area (Å²) in [6, 6.07) is 0. The van der Waals surface area contributed by atoms with Crippen molar-refractivity contribution in [1.82, 2.24) is 0 Å². The first-order valence-corrected chi connectivity index (χ1v) is 4.10. The molecule has 0 fully saturated rings. The SMILES string of the molecule is COC(=O)OC(F)C(F)F.O=C(O)OC(F)C(F)F. The maximum Gasteiger partial charge on any atom is 0.510 e. The third-order valence-electron chi connectivity index (χ3n) is 0.985. The van der Waals surface area contributed by atoms with Crippen LogP contribution in [0.15, 0.2) is 0 Å². The van der Waals surface area contributed by atoms with Crippen molar-refractivity contribution in [3.8, 4) is 0 Å². The lowest BCUT2D eigenvalue weighted by molar-refractivity contribution is -0.106. The van der Waals surface area contributed by atoms with Crippen molar-refractivity contribution in [2.45, 2.75) is 25.6 Å². The number of carbonyl (C=O) groups is 2. The molecule has 0 spiro atoms. The minimum atomic E-state index is -3.42. The Morgan fingerprint density at radius 2 is 1.26 bits per heavy atom. The van der Waals surface area contributed by atoms with Gasteiger partial charge in [-0.2, -0.15) is 8.78 Å². The fourth-order valence-electron chi connectivity index (χ4n) is 0.339. The highest BCUT2D eigenvalue weighted by molar-refractivity contribution is 5.59. The first-order valence-electron chi connectivity index (χ1n) is 4.10. The molecule has 6 nitrogen and oxygen atoms in total. The van der Waals surface area contributed by atoms with E-state index in [1.165, 1.54) is 0 Å². The van der Waals surface area contributed by atoms with Gasteiger partial charge in [0.25, 0.3) is 0 Å². The number of alkyl halides is 6. The largest absolute Gasteiger partial charge is 0.510 e. The summed E-state index contributed by atoms with van der Waals surface area (Å²) in [6.45, 7) is 0. The molecule has 0 aromatic carbocycles. The van der Waals surface area contributed by atoms with Crippen LogP contribution in [0, 0.1) is 0 Å². The normalized spacial score (nSPS) is 13.1. The molecular weight excluding hydrogens is 294 g/mol. The summed E-state index contributed by atoms with van der Waals surface area (Å²) >= 11 is 0. The van der Waals surface area contributed by atoms with E-state index in [1.807, 2.05) is 0 Å². The Morgan fingerprint density at radius 1 is 0.895 bits per heavy atom. The van der Waals surface area contributed by atoms with Gasteiger partial charge in [-0.3, -0.25) is 0 Å². The van der Waals surface area contributed by atoms with Crippen molar-refractivity contribution >= 4 is 12.3 Å². The van der Waals surface area contributed by atoms with Gasteiger partial charge in [0.05, 0.1) is 7.11 Å². The number of hydrogen-bond donors (Lipinski definition) is 1. The van der Waals surface area contributed by atoms with Crippen LogP contribution in [0.2, 0.25) is 0 Å². The van der Waals surface area contributed by atoms with E-state index >= 15 is 0 Å². The van der Waals surface area contributed by atoms with Gasteiger partial charge in [0.1, 0.15) is 0 Å². The number of rotatable bonds is 4. The first kappa shape index (κ1) is 19.5. The summed E-state index contributed by atoms with van der Waals surface area (Å²) in [5.74, 6) is 0. The summed E-state index contributed by atoms with van der Waals surface area (Å²) in [7, 11) is 0.889. The highest BCUT2D eigenvalue weighted by Crippen LogP contribution is 2.07. The number of carbonyl (C=O) groups excluding carboxylic acids is 1. The summed E-state index contributed by atoms with van der Waals surface area (Å²) < 4.78 is 77.7. The van der Waals surface area contributed by atoms with Gasteiger partial charge in [-0.25, -0.2) is 27.2 Å². The molecule has 19 heavy (non-hydrogen) atoms. The lowest BCUT2D eigenvalue weighted by atomic mass is 10.7. The average Bonchev–Trinajstić information content (AvgIpc) is 2.28. The molecule has 0 aliphatic rings. The fourth-order valence-corrected chi connectivity index (χ4v) is 0.339. The third-order valence-corrected chi connectivity index (χ3v) is 0.985.